The molecule has 0 unspecified atom stereocenters. The van der Waals surface area contributed by atoms with E-state index in [9.17, 15) is 5.26 Å². The van der Waals surface area contributed by atoms with Gasteiger partial charge in [-0.05, 0) is 42.0 Å². The van der Waals surface area contributed by atoms with Crippen molar-refractivity contribution in [2.45, 2.75) is 0 Å². The maximum Gasteiger partial charge on any atom is 0.125 e. The zero-order chi connectivity index (χ0) is 19.6. The van der Waals surface area contributed by atoms with Gasteiger partial charge in [-0.25, -0.2) is 4.98 Å². The highest BCUT2D eigenvalue weighted by molar-refractivity contribution is 7.19. The number of fused-ring (bicyclic) bond motifs is 2. The third kappa shape index (κ3) is 3.38. The van der Waals surface area contributed by atoms with Crippen LogP contribution in [0, 0.1) is 11.3 Å². The number of nitriles is 1. The van der Waals surface area contributed by atoms with Crippen molar-refractivity contribution in [3.63, 3.8) is 0 Å². The Morgan fingerprint density at radius 3 is 2.79 bits per heavy atom. The number of nitrogens with zero attached hydrogens (tertiary/aromatic N) is 2. The van der Waals surface area contributed by atoms with Crippen molar-refractivity contribution in [3.8, 4) is 6.07 Å². The molecule has 0 amide bonds. The molecule has 0 aliphatic carbocycles. The molecule has 2 aromatic carbocycles. The summed E-state index contributed by atoms with van der Waals surface area (Å²) in [6, 6.07) is 22.7. The lowest BCUT2D eigenvalue weighted by Gasteiger charge is -2.09. The Balaban J connectivity index is 1.55. The molecule has 3 aromatic heterocycles. The lowest BCUT2D eigenvalue weighted by molar-refractivity contribution is 1.38. The number of benzene rings is 2. The normalized spacial score (nSPS) is 11.3. The van der Waals surface area contributed by atoms with Gasteiger partial charge >= 0.3 is 0 Å². The highest BCUT2D eigenvalue weighted by Crippen LogP contribution is 2.35. The van der Waals surface area contributed by atoms with Crippen molar-refractivity contribution >= 4 is 56.0 Å². The van der Waals surface area contributed by atoms with E-state index in [2.05, 4.69) is 57.8 Å². The molecule has 5 rings (SSSR count). The number of aromatic amines is 1. The lowest BCUT2D eigenvalue weighted by atomic mass is 10.1. The molecule has 2 N–H and O–H groups in total. The molecule has 0 radical (unpaired) electrons. The monoisotopic (exact) mass is 392 g/mol. The third-order valence-electron chi connectivity index (χ3n) is 4.76. The Labute approximate surface area is 171 Å². The van der Waals surface area contributed by atoms with Gasteiger partial charge in [-0.15, -0.1) is 11.3 Å². The van der Waals surface area contributed by atoms with E-state index < -0.39 is 0 Å². The first-order valence-corrected chi connectivity index (χ1v) is 10.0. The zero-order valence-electron chi connectivity index (χ0n) is 15.4. The number of hydrogen-bond donors (Lipinski definition) is 2. The Morgan fingerprint density at radius 1 is 1.03 bits per heavy atom. The van der Waals surface area contributed by atoms with Crippen molar-refractivity contribution in [2.75, 3.05) is 5.32 Å². The highest BCUT2D eigenvalue weighted by Gasteiger charge is 2.12. The first-order chi connectivity index (χ1) is 14.3. The Morgan fingerprint density at radius 2 is 1.93 bits per heavy atom. The maximum atomic E-state index is 9.61. The standard InChI is InChI=1S/C24H16N4S/c25-14-18-15-27-24-21(13-20(29-24)8-6-16-4-2-1-3-5-16)23(18)28-19-7-9-22-17(12-19)10-11-26-22/h1-13,15,26H,(H,27,28). The smallest absolute Gasteiger partial charge is 0.125 e. The molecule has 3 heterocycles. The SMILES string of the molecule is N#Cc1cnc2sc(C=Cc3ccccc3)cc2c1Nc1ccc2[nH]ccc2c1. The van der Waals surface area contributed by atoms with Gasteiger partial charge in [0.1, 0.15) is 10.9 Å². The summed E-state index contributed by atoms with van der Waals surface area (Å²) in [4.78, 5) is 9.68. The van der Waals surface area contributed by atoms with Crippen molar-refractivity contribution in [3.05, 3.63) is 89.1 Å². The first kappa shape index (κ1) is 17.2. The molecule has 0 saturated carbocycles. The van der Waals surface area contributed by atoms with Crippen LogP contribution in [0.1, 0.15) is 16.0 Å². The summed E-state index contributed by atoms with van der Waals surface area (Å²) in [5.41, 5.74) is 4.49. The molecule has 0 bridgehead atoms. The summed E-state index contributed by atoms with van der Waals surface area (Å²) >= 11 is 1.61. The minimum absolute atomic E-state index is 0.531. The van der Waals surface area contributed by atoms with E-state index in [0.29, 0.717) is 5.56 Å². The number of pyridine rings is 1. The second-order valence-corrected chi connectivity index (χ2v) is 7.74. The molecule has 5 aromatic rings. The minimum atomic E-state index is 0.531. The third-order valence-corrected chi connectivity index (χ3v) is 5.77. The van der Waals surface area contributed by atoms with Gasteiger partial charge in [0.15, 0.2) is 0 Å². The maximum absolute atomic E-state index is 9.61. The molecule has 0 atom stereocenters. The van der Waals surface area contributed by atoms with Crippen LogP contribution >= 0.6 is 11.3 Å². The van der Waals surface area contributed by atoms with Crippen LogP contribution in [0.15, 0.2) is 73.1 Å². The van der Waals surface area contributed by atoms with Crippen molar-refractivity contribution in [2.24, 2.45) is 0 Å². The fourth-order valence-corrected chi connectivity index (χ4v) is 4.24. The summed E-state index contributed by atoms with van der Waals surface area (Å²) in [5, 5.41) is 15.1. The lowest BCUT2D eigenvalue weighted by Crippen LogP contribution is -1.95. The average molecular weight is 392 g/mol. The van der Waals surface area contributed by atoms with E-state index in [1.807, 2.05) is 42.6 Å². The van der Waals surface area contributed by atoms with Crippen molar-refractivity contribution in [1.29, 1.82) is 5.26 Å². The summed E-state index contributed by atoms with van der Waals surface area (Å²) in [6.07, 6.45) is 7.73. The molecule has 4 nitrogen and oxygen atoms in total. The van der Waals surface area contributed by atoms with Crippen LogP contribution in [0.4, 0.5) is 11.4 Å². The van der Waals surface area contributed by atoms with Gasteiger partial charge < -0.3 is 10.3 Å². The van der Waals surface area contributed by atoms with Gasteiger partial charge in [-0.1, -0.05) is 36.4 Å². The van der Waals surface area contributed by atoms with Gasteiger partial charge in [0.2, 0.25) is 0 Å². The largest absolute Gasteiger partial charge is 0.361 e. The number of aromatic nitrogens is 2. The van der Waals surface area contributed by atoms with Crippen LogP contribution in [-0.2, 0) is 0 Å². The topological polar surface area (TPSA) is 64.5 Å². The molecule has 0 saturated heterocycles. The molecular weight excluding hydrogens is 376 g/mol. The molecule has 0 aliphatic rings. The number of anilines is 2. The summed E-state index contributed by atoms with van der Waals surface area (Å²) in [6.45, 7) is 0. The van der Waals surface area contributed by atoms with Crippen LogP contribution in [0.25, 0.3) is 33.3 Å². The van der Waals surface area contributed by atoms with E-state index in [0.717, 1.165) is 42.9 Å². The Kier molecular flexibility index (Phi) is 4.32. The van der Waals surface area contributed by atoms with Gasteiger partial charge in [0.05, 0.1) is 11.3 Å². The summed E-state index contributed by atoms with van der Waals surface area (Å²) in [5.74, 6) is 0. The molecule has 0 spiro atoms. The predicted octanol–water partition coefficient (Wildman–Crippen LogP) is 6.56. The first-order valence-electron chi connectivity index (χ1n) is 9.20. The Hall–Kier alpha value is -3.88. The van der Waals surface area contributed by atoms with Crippen LogP contribution in [0.3, 0.4) is 0 Å². The summed E-state index contributed by atoms with van der Waals surface area (Å²) < 4.78 is 0. The Bertz CT molecular complexity index is 1390. The van der Waals surface area contributed by atoms with Crippen molar-refractivity contribution < 1.29 is 0 Å². The molecule has 0 fully saturated rings. The number of thiophene rings is 1. The van der Waals surface area contributed by atoms with Crippen LogP contribution in [0.2, 0.25) is 0 Å². The highest BCUT2D eigenvalue weighted by atomic mass is 32.1. The molecule has 138 valence electrons. The number of hydrogen-bond acceptors (Lipinski definition) is 4. The van der Waals surface area contributed by atoms with Gasteiger partial charge in [0, 0.05) is 39.2 Å². The molecular formula is C24H16N4S. The van der Waals surface area contributed by atoms with E-state index in [1.54, 1.807) is 17.5 Å². The van der Waals surface area contributed by atoms with Crippen molar-refractivity contribution in [1.82, 2.24) is 9.97 Å². The second-order valence-electron chi connectivity index (χ2n) is 6.67. The van der Waals surface area contributed by atoms with Gasteiger partial charge in [0.25, 0.3) is 0 Å². The van der Waals surface area contributed by atoms with E-state index in [1.165, 1.54) is 0 Å². The van der Waals surface area contributed by atoms with Crippen LogP contribution < -0.4 is 5.32 Å². The molecule has 29 heavy (non-hydrogen) atoms. The predicted molar refractivity (Wildman–Crippen MR) is 121 cm³/mol. The molecule has 5 heteroatoms. The van der Waals surface area contributed by atoms with Gasteiger partial charge in [-0.3, -0.25) is 0 Å². The summed E-state index contributed by atoms with van der Waals surface area (Å²) in [7, 11) is 0. The van der Waals surface area contributed by atoms with E-state index in [4.69, 9.17) is 0 Å². The fraction of sp³-hybridized carbons (Fsp3) is 0. The zero-order valence-corrected chi connectivity index (χ0v) is 16.2. The number of rotatable bonds is 4. The fourth-order valence-electron chi connectivity index (χ4n) is 3.33. The van der Waals surface area contributed by atoms with Gasteiger partial charge in [-0.2, -0.15) is 5.26 Å². The van der Waals surface area contributed by atoms with Crippen LogP contribution in [0.5, 0.6) is 0 Å². The van der Waals surface area contributed by atoms with Crippen LogP contribution in [-0.4, -0.2) is 9.97 Å². The van der Waals surface area contributed by atoms with E-state index in [-0.39, 0.29) is 0 Å². The molecule has 0 aliphatic heterocycles. The quantitative estimate of drug-likeness (QED) is 0.364. The minimum Gasteiger partial charge on any atom is -0.361 e. The number of H-pyrrole nitrogens is 1. The number of nitrogens with one attached hydrogen (secondary N) is 2. The average Bonchev–Trinajstić information content (AvgIpc) is 3.39. The second kappa shape index (κ2) is 7.27. The van der Waals surface area contributed by atoms with E-state index >= 15 is 0 Å².